The Morgan fingerprint density at radius 2 is 1.91 bits per heavy atom. The quantitative estimate of drug-likeness (QED) is 0.249. The molecule has 0 aliphatic carbocycles. The van der Waals surface area contributed by atoms with Crippen LogP contribution < -0.4 is 24.3 Å². The van der Waals surface area contributed by atoms with E-state index in [9.17, 15) is 9.59 Å². The molecule has 2 aromatic heterocycles. The monoisotopic (exact) mass is 618 g/mol. The topological polar surface area (TPSA) is 152 Å². The highest BCUT2D eigenvalue weighted by Gasteiger charge is 2.35. The Bertz CT molecular complexity index is 1660. The molecular formula is C31H34N6O8. The smallest absolute Gasteiger partial charge is 0.250 e. The summed E-state index contributed by atoms with van der Waals surface area (Å²) in [5.74, 6) is 2.62. The maximum Gasteiger partial charge on any atom is 0.250 e. The number of aryl methyl sites for hydroxylation is 1. The fourth-order valence-corrected chi connectivity index (χ4v) is 5.31. The molecule has 14 nitrogen and oxygen atoms in total. The van der Waals surface area contributed by atoms with Crippen LogP contribution in [0.25, 0.3) is 11.4 Å². The van der Waals surface area contributed by atoms with E-state index < -0.39 is 17.9 Å². The van der Waals surface area contributed by atoms with E-state index in [2.05, 4.69) is 20.7 Å². The molecule has 0 unspecified atom stereocenters. The Morgan fingerprint density at radius 3 is 2.67 bits per heavy atom. The van der Waals surface area contributed by atoms with Crippen molar-refractivity contribution in [3.8, 4) is 34.4 Å². The second kappa shape index (κ2) is 13.3. The molecule has 6 rings (SSSR count). The Kier molecular flexibility index (Phi) is 8.82. The number of tetrazole rings is 1. The minimum Gasteiger partial charge on any atom is -0.493 e. The first-order valence-corrected chi connectivity index (χ1v) is 14.6. The predicted molar refractivity (Wildman–Crippen MR) is 158 cm³/mol. The number of amides is 2. The van der Waals surface area contributed by atoms with Gasteiger partial charge in [-0.15, -0.1) is 10.2 Å². The lowest BCUT2D eigenvalue weighted by molar-refractivity contribution is -0.143. The molecular weight excluding hydrogens is 584 g/mol. The number of hydrogen-bond acceptors (Lipinski definition) is 11. The van der Waals surface area contributed by atoms with Gasteiger partial charge in [0.2, 0.25) is 18.5 Å². The number of nitrogens with zero attached hydrogens (tertiary/aromatic N) is 5. The fraction of sp³-hybridized carbons (Fsp3) is 0.387. The van der Waals surface area contributed by atoms with Crippen molar-refractivity contribution >= 4 is 11.8 Å². The summed E-state index contributed by atoms with van der Waals surface area (Å²) in [5.41, 5.74) is 1.35. The van der Waals surface area contributed by atoms with E-state index in [1.165, 1.54) is 16.8 Å². The van der Waals surface area contributed by atoms with Gasteiger partial charge in [0.25, 0.3) is 5.91 Å². The highest BCUT2D eigenvalue weighted by Crippen LogP contribution is 2.34. The zero-order valence-electron chi connectivity index (χ0n) is 25.2. The number of carbonyl (C=O) groups excluding carboxylic acids is 2. The van der Waals surface area contributed by atoms with Crippen molar-refractivity contribution in [2.24, 2.45) is 0 Å². The lowest BCUT2D eigenvalue weighted by Gasteiger charge is -2.30. The normalized spacial score (nSPS) is 15.9. The van der Waals surface area contributed by atoms with Gasteiger partial charge >= 0.3 is 0 Å². The summed E-state index contributed by atoms with van der Waals surface area (Å²) in [4.78, 5) is 30.6. The standard InChI is InChI=1S/C31H34N6O8/c1-19-6-9-25(45-19)29(31(39)32-15-22-5-4-12-42-22)36(16-20-7-10-24-27(13-20)44-18-43-24)28(38)17-37-34-30(33-35-37)21-8-11-23(40-2)26(14-21)41-3/h6-11,13-14,22,29H,4-5,12,15-18H2,1-3H3,(H,32,39)/t22-,29-/m1/s1. The van der Waals surface area contributed by atoms with Crippen molar-refractivity contribution in [1.82, 2.24) is 30.4 Å². The van der Waals surface area contributed by atoms with Gasteiger partial charge < -0.3 is 38.3 Å². The zero-order valence-corrected chi connectivity index (χ0v) is 25.2. The third-order valence-corrected chi connectivity index (χ3v) is 7.60. The first kappa shape index (κ1) is 29.9. The summed E-state index contributed by atoms with van der Waals surface area (Å²) in [7, 11) is 3.08. The van der Waals surface area contributed by atoms with Crippen molar-refractivity contribution in [3.63, 3.8) is 0 Å². The zero-order chi connectivity index (χ0) is 31.3. The van der Waals surface area contributed by atoms with Crippen LogP contribution in [-0.4, -0.2) is 77.2 Å². The summed E-state index contributed by atoms with van der Waals surface area (Å²) in [5, 5.41) is 15.7. The minimum absolute atomic E-state index is 0.0600. The Labute approximate surface area is 259 Å². The molecule has 4 aromatic rings. The first-order valence-electron chi connectivity index (χ1n) is 14.6. The van der Waals surface area contributed by atoms with E-state index in [1.807, 2.05) is 6.07 Å². The average molecular weight is 619 g/mol. The number of furan rings is 1. The van der Waals surface area contributed by atoms with Crippen LogP contribution in [0.1, 0.15) is 36.0 Å². The number of nitrogens with one attached hydrogen (secondary N) is 1. The number of fused-ring (bicyclic) bond motifs is 1. The average Bonchev–Trinajstić information content (AvgIpc) is 3.88. The third-order valence-electron chi connectivity index (χ3n) is 7.60. The molecule has 2 aromatic carbocycles. The van der Waals surface area contributed by atoms with E-state index in [1.54, 1.807) is 56.5 Å². The molecule has 4 heterocycles. The lowest BCUT2D eigenvalue weighted by atomic mass is 10.1. The van der Waals surface area contributed by atoms with Gasteiger partial charge in [-0.25, -0.2) is 0 Å². The fourth-order valence-electron chi connectivity index (χ4n) is 5.31. The van der Waals surface area contributed by atoms with E-state index in [4.69, 9.17) is 28.1 Å². The maximum atomic E-state index is 14.1. The summed E-state index contributed by atoms with van der Waals surface area (Å²) in [6.45, 7) is 2.64. The molecule has 2 amide bonds. The van der Waals surface area contributed by atoms with E-state index >= 15 is 0 Å². The highest BCUT2D eigenvalue weighted by molar-refractivity contribution is 5.88. The van der Waals surface area contributed by atoms with Crippen LogP contribution in [0.5, 0.6) is 23.0 Å². The number of ether oxygens (including phenoxy) is 5. The molecule has 0 saturated carbocycles. The molecule has 1 saturated heterocycles. The second-order valence-corrected chi connectivity index (χ2v) is 10.7. The van der Waals surface area contributed by atoms with Crippen LogP contribution in [0.3, 0.4) is 0 Å². The van der Waals surface area contributed by atoms with Gasteiger partial charge in [-0.3, -0.25) is 9.59 Å². The lowest BCUT2D eigenvalue weighted by Crippen LogP contribution is -2.46. The highest BCUT2D eigenvalue weighted by atomic mass is 16.7. The number of benzene rings is 2. The van der Waals surface area contributed by atoms with Crippen LogP contribution in [0.15, 0.2) is 52.9 Å². The van der Waals surface area contributed by atoms with Crippen LogP contribution >= 0.6 is 0 Å². The van der Waals surface area contributed by atoms with Crippen molar-refractivity contribution in [2.45, 2.75) is 45.0 Å². The van der Waals surface area contributed by atoms with Crippen LogP contribution in [0.4, 0.5) is 0 Å². The van der Waals surface area contributed by atoms with Crippen molar-refractivity contribution < 1.29 is 37.7 Å². The molecule has 1 fully saturated rings. The predicted octanol–water partition coefficient (Wildman–Crippen LogP) is 3.05. The summed E-state index contributed by atoms with van der Waals surface area (Å²) in [6.07, 6.45) is 1.71. The van der Waals surface area contributed by atoms with Gasteiger partial charge in [0.15, 0.2) is 29.0 Å². The number of methoxy groups -OCH3 is 2. The largest absolute Gasteiger partial charge is 0.493 e. The van der Waals surface area contributed by atoms with E-state index in [0.717, 1.165) is 18.4 Å². The summed E-state index contributed by atoms with van der Waals surface area (Å²) < 4.78 is 33.3. The van der Waals surface area contributed by atoms with E-state index in [0.29, 0.717) is 59.1 Å². The minimum atomic E-state index is -1.09. The van der Waals surface area contributed by atoms with Gasteiger partial charge in [-0.1, -0.05) is 6.07 Å². The molecule has 2 atom stereocenters. The summed E-state index contributed by atoms with van der Waals surface area (Å²) in [6, 6.07) is 13.0. The van der Waals surface area contributed by atoms with Gasteiger partial charge in [0, 0.05) is 25.3 Å². The Hall–Kier alpha value is -5.11. The molecule has 2 aliphatic rings. The third kappa shape index (κ3) is 6.70. The SMILES string of the molecule is COc1ccc(-c2nnn(CC(=O)N(Cc3ccc4c(c3)OCO4)[C@@H](C(=O)NC[C@H]3CCCO3)c3ccc(C)o3)n2)cc1OC. The molecule has 1 N–H and O–H groups in total. The van der Waals surface area contributed by atoms with Gasteiger partial charge in [-0.05, 0) is 73.0 Å². The van der Waals surface area contributed by atoms with Gasteiger partial charge in [-0.2, -0.15) is 4.80 Å². The Balaban J connectivity index is 1.29. The maximum absolute atomic E-state index is 14.1. The van der Waals surface area contributed by atoms with Crippen molar-refractivity contribution in [3.05, 3.63) is 65.6 Å². The van der Waals surface area contributed by atoms with Crippen molar-refractivity contribution in [1.29, 1.82) is 0 Å². The van der Waals surface area contributed by atoms with Crippen LogP contribution in [-0.2, 0) is 27.4 Å². The molecule has 45 heavy (non-hydrogen) atoms. The van der Waals surface area contributed by atoms with Crippen LogP contribution in [0.2, 0.25) is 0 Å². The number of hydrogen-bond donors (Lipinski definition) is 1. The molecule has 2 aliphatic heterocycles. The molecule has 0 spiro atoms. The number of carbonyl (C=O) groups is 2. The van der Waals surface area contributed by atoms with Gasteiger partial charge in [0.05, 0.1) is 20.3 Å². The second-order valence-electron chi connectivity index (χ2n) is 10.7. The van der Waals surface area contributed by atoms with Crippen molar-refractivity contribution in [2.75, 3.05) is 34.2 Å². The Morgan fingerprint density at radius 1 is 1.07 bits per heavy atom. The first-order chi connectivity index (χ1) is 21.9. The van der Waals surface area contributed by atoms with Gasteiger partial charge in [0.1, 0.15) is 18.1 Å². The number of rotatable bonds is 12. The molecule has 0 bridgehead atoms. The number of aromatic nitrogens is 4. The van der Waals surface area contributed by atoms with Crippen LogP contribution in [0, 0.1) is 6.92 Å². The van der Waals surface area contributed by atoms with E-state index in [-0.39, 0.29) is 26.0 Å². The molecule has 236 valence electrons. The molecule has 0 radical (unpaired) electrons. The molecule has 14 heteroatoms. The summed E-state index contributed by atoms with van der Waals surface area (Å²) >= 11 is 0.